The summed E-state index contributed by atoms with van der Waals surface area (Å²) in [6.45, 7) is 3.50. The van der Waals surface area contributed by atoms with Gasteiger partial charge in [-0.25, -0.2) is 0 Å². The maximum Gasteiger partial charge on any atom is 0.249 e. The fourth-order valence-electron chi connectivity index (χ4n) is 10.0. The Morgan fingerprint density at radius 1 is 0.449 bits per heavy atom. The first kappa shape index (κ1) is 66.1. The van der Waals surface area contributed by atoms with E-state index in [0.29, 0.717) is 19.3 Å². The fraction of sp³-hybridized carbons (Fsp3) is 0.983. The Balaban J connectivity index is 2.26. The van der Waals surface area contributed by atoms with Crippen molar-refractivity contribution in [1.29, 1.82) is 0 Å². The van der Waals surface area contributed by atoms with E-state index in [1.165, 1.54) is 218 Å². The van der Waals surface area contributed by atoms with Crippen LogP contribution in [0.25, 0.3) is 0 Å². The van der Waals surface area contributed by atoms with Gasteiger partial charge >= 0.3 is 0 Å². The van der Waals surface area contributed by atoms with Crippen LogP contribution in [0.2, 0.25) is 0 Å². The molecule has 0 saturated carbocycles. The van der Waals surface area contributed by atoms with E-state index in [1.807, 2.05) is 0 Å². The molecule has 8 N–H and O–H groups in total. The third-order valence-corrected chi connectivity index (χ3v) is 14.9. The van der Waals surface area contributed by atoms with E-state index >= 15 is 0 Å². The van der Waals surface area contributed by atoms with Gasteiger partial charge in [-0.2, -0.15) is 0 Å². The first-order valence-electron chi connectivity index (χ1n) is 29.9. The highest BCUT2D eigenvalue weighted by atomic mass is 16.7. The standard InChI is InChI=1S/C58H115NO10/c1-3-5-7-9-11-13-15-17-19-21-22-23-24-25-26-27-28-30-32-34-36-38-40-42-44-46-51(62)57(67)59-49(48-68-58-56(66)55(65)54(64)52(47-60)69-58)53(63)50(61)45-43-41-39-37-35-33-31-29-20-18-16-14-12-10-8-6-4-2/h49-56,58,60-66H,3-48H2,1-2H3,(H,59,67). The summed E-state index contributed by atoms with van der Waals surface area (Å²) in [6.07, 6.45) is 43.0. The second kappa shape index (κ2) is 48.1. The van der Waals surface area contributed by atoms with Crippen LogP contribution in [0.5, 0.6) is 0 Å². The SMILES string of the molecule is CCCCCCCCCCCCCCCCCCCCCCCCCCCC(O)C(=O)NC(COC1OC(CO)C(O)C(O)C1O)C(O)C(O)CCCCCCCCCCCCCCCCCCC. The number of unbranched alkanes of at least 4 members (excludes halogenated alkanes) is 40. The van der Waals surface area contributed by atoms with Crippen molar-refractivity contribution < 1.29 is 50.0 Å². The van der Waals surface area contributed by atoms with Gasteiger partial charge in [-0.05, 0) is 12.8 Å². The van der Waals surface area contributed by atoms with Gasteiger partial charge < -0.3 is 50.5 Å². The monoisotopic (exact) mass is 986 g/mol. The van der Waals surface area contributed by atoms with Crippen molar-refractivity contribution in [1.82, 2.24) is 5.32 Å². The van der Waals surface area contributed by atoms with Gasteiger partial charge in [0.2, 0.25) is 5.91 Å². The van der Waals surface area contributed by atoms with E-state index in [4.69, 9.17) is 9.47 Å². The molecular weight excluding hydrogens is 871 g/mol. The van der Waals surface area contributed by atoms with E-state index in [9.17, 15) is 40.5 Å². The van der Waals surface area contributed by atoms with Gasteiger partial charge in [0.05, 0.1) is 25.4 Å². The molecule has 1 fully saturated rings. The van der Waals surface area contributed by atoms with Crippen LogP contribution in [0.15, 0.2) is 0 Å². The number of aliphatic hydroxyl groups is 7. The van der Waals surface area contributed by atoms with E-state index in [1.54, 1.807) is 0 Å². The highest BCUT2D eigenvalue weighted by Crippen LogP contribution is 2.24. The summed E-state index contributed by atoms with van der Waals surface area (Å²) >= 11 is 0. The summed E-state index contributed by atoms with van der Waals surface area (Å²) in [4.78, 5) is 13.2. The van der Waals surface area contributed by atoms with Crippen LogP contribution in [0.3, 0.4) is 0 Å². The third kappa shape index (κ3) is 36.6. The van der Waals surface area contributed by atoms with Crippen LogP contribution >= 0.6 is 0 Å². The predicted octanol–water partition coefficient (Wildman–Crippen LogP) is 12.6. The van der Waals surface area contributed by atoms with Gasteiger partial charge in [0.1, 0.15) is 36.6 Å². The number of nitrogens with one attached hydrogen (secondary N) is 1. The average molecular weight is 987 g/mol. The van der Waals surface area contributed by atoms with Gasteiger partial charge in [0, 0.05) is 0 Å². The number of rotatable bonds is 52. The zero-order chi connectivity index (χ0) is 50.4. The first-order valence-corrected chi connectivity index (χ1v) is 29.9. The number of carbonyl (C=O) groups excluding carboxylic acids is 1. The Labute approximate surface area is 424 Å². The lowest BCUT2D eigenvalue weighted by Gasteiger charge is -2.40. The molecule has 0 aliphatic carbocycles. The number of ether oxygens (including phenoxy) is 2. The molecule has 11 heteroatoms. The molecule has 0 aromatic heterocycles. The van der Waals surface area contributed by atoms with Crippen LogP contribution in [-0.4, -0.2) is 110 Å². The van der Waals surface area contributed by atoms with Crippen molar-refractivity contribution in [3.8, 4) is 0 Å². The van der Waals surface area contributed by atoms with Crippen molar-refractivity contribution in [3.05, 3.63) is 0 Å². The molecule has 1 heterocycles. The summed E-state index contributed by atoms with van der Waals surface area (Å²) in [5.41, 5.74) is 0. The number of amides is 1. The number of hydrogen-bond donors (Lipinski definition) is 8. The van der Waals surface area contributed by atoms with Gasteiger partial charge in [-0.15, -0.1) is 0 Å². The van der Waals surface area contributed by atoms with Crippen molar-refractivity contribution in [2.45, 2.75) is 351 Å². The lowest BCUT2D eigenvalue weighted by molar-refractivity contribution is -0.303. The topological polar surface area (TPSA) is 189 Å². The largest absolute Gasteiger partial charge is 0.394 e. The number of hydrogen-bond acceptors (Lipinski definition) is 10. The molecule has 11 nitrogen and oxygen atoms in total. The zero-order valence-corrected chi connectivity index (χ0v) is 45.1. The molecule has 1 aliphatic heterocycles. The molecular formula is C58H115NO10. The smallest absolute Gasteiger partial charge is 0.249 e. The maximum absolute atomic E-state index is 13.2. The Hall–Kier alpha value is -0.890. The lowest BCUT2D eigenvalue weighted by Crippen LogP contribution is -2.60. The van der Waals surface area contributed by atoms with Gasteiger partial charge in [0.15, 0.2) is 6.29 Å². The van der Waals surface area contributed by atoms with Gasteiger partial charge in [0.25, 0.3) is 0 Å². The summed E-state index contributed by atoms with van der Waals surface area (Å²) < 4.78 is 11.2. The molecule has 9 unspecified atom stereocenters. The molecule has 0 radical (unpaired) electrons. The minimum atomic E-state index is -1.66. The summed E-state index contributed by atoms with van der Waals surface area (Å²) in [5.74, 6) is -0.689. The minimum absolute atomic E-state index is 0.267. The number of aliphatic hydroxyl groups excluding tert-OH is 7. The average Bonchev–Trinajstić information content (AvgIpc) is 3.35. The lowest BCUT2D eigenvalue weighted by atomic mass is 9.98. The van der Waals surface area contributed by atoms with Crippen LogP contribution < -0.4 is 5.32 Å². The van der Waals surface area contributed by atoms with Crippen LogP contribution in [0.1, 0.15) is 296 Å². The van der Waals surface area contributed by atoms with E-state index in [-0.39, 0.29) is 6.42 Å². The number of carbonyl (C=O) groups is 1. The summed E-state index contributed by atoms with van der Waals surface area (Å²) in [6, 6.07) is -1.16. The van der Waals surface area contributed by atoms with Crippen LogP contribution in [0, 0.1) is 0 Å². The Morgan fingerprint density at radius 3 is 1.07 bits per heavy atom. The van der Waals surface area contributed by atoms with Gasteiger partial charge in [-0.3, -0.25) is 4.79 Å². The molecule has 1 saturated heterocycles. The van der Waals surface area contributed by atoms with Crippen LogP contribution in [-0.2, 0) is 14.3 Å². The molecule has 1 rings (SSSR count). The first-order chi connectivity index (χ1) is 33.7. The molecule has 0 aromatic rings. The van der Waals surface area contributed by atoms with Crippen molar-refractivity contribution >= 4 is 5.91 Å². The highest BCUT2D eigenvalue weighted by molar-refractivity contribution is 5.80. The Morgan fingerprint density at radius 2 is 0.754 bits per heavy atom. The highest BCUT2D eigenvalue weighted by Gasteiger charge is 2.44. The van der Waals surface area contributed by atoms with E-state index in [0.717, 1.165) is 38.5 Å². The molecule has 1 amide bonds. The van der Waals surface area contributed by atoms with Crippen molar-refractivity contribution in [2.75, 3.05) is 13.2 Å². The fourth-order valence-corrected chi connectivity index (χ4v) is 10.0. The van der Waals surface area contributed by atoms with Crippen LogP contribution in [0.4, 0.5) is 0 Å². The second-order valence-electron chi connectivity index (χ2n) is 21.4. The quantitative estimate of drug-likeness (QED) is 0.0272. The van der Waals surface area contributed by atoms with Crippen molar-refractivity contribution in [3.63, 3.8) is 0 Å². The van der Waals surface area contributed by atoms with Gasteiger partial charge in [-0.1, -0.05) is 284 Å². The normalized spacial score (nSPS) is 20.3. The Kier molecular flexibility index (Phi) is 46.1. The molecule has 412 valence electrons. The predicted molar refractivity (Wildman–Crippen MR) is 284 cm³/mol. The molecule has 9 atom stereocenters. The van der Waals surface area contributed by atoms with E-state index < -0.39 is 74.2 Å². The maximum atomic E-state index is 13.2. The zero-order valence-electron chi connectivity index (χ0n) is 45.1. The minimum Gasteiger partial charge on any atom is -0.394 e. The van der Waals surface area contributed by atoms with Crippen molar-refractivity contribution in [2.24, 2.45) is 0 Å². The third-order valence-electron chi connectivity index (χ3n) is 14.9. The molecule has 0 spiro atoms. The Bertz CT molecular complexity index is 1090. The summed E-state index contributed by atoms with van der Waals surface area (Å²) in [5, 5.41) is 76.2. The molecule has 1 aliphatic rings. The molecule has 0 aromatic carbocycles. The molecule has 0 bridgehead atoms. The second-order valence-corrected chi connectivity index (χ2v) is 21.4. The molecule has 69 heavy (non-hydrogen) atoms. The van der Waals surface area contributed by atoms with E-state index in [2.05, 4.69) is 19.2 Å². The summed E-state index contributed by atoms with van der Waals surface area (Å²) in [7, 11) is 0.